The Kier molecular flexibility index (Phi) is 6.64. The minimum atomic E-state index is -1.86. The second-order valence-corrected chi connectivity index (χ2v) is 15.4. The number of rotatable bonds is 7. The zero-order chi connectivity index (χ0) is 21.4. The highest BCUT2D eigenvalue weighted by atomic mass is 28.3. The topological polar surface area (TPSA) is 37.6 Å². The maximum atomic E-state index is 11.5. The molecule has 1 fully saturated rings. The van der Waals surface area contributed by atoms with Gasteiger partial charge in [-0.2, -0.15) is 0 Å². The molecule has 2 heterocycles. The van der Waals surface area contributed by atoms with Gasteiger partial charge in [0.2, 0.25) is 5.79 Å². The van der Waals surface area contributed by atoms with E-state index in [9.17, 15) is 5.11 Å². The molecule has 2 aromatic rings. The summed E-state index contributed by atoms with van der Waals surface area (Å²) >= 11 is 0. The largest absolute Gasteiger partial charge is 0.373 e. The summed E-state index contributed by atoms with van der Waals surface area (Å²) < 4.78 is 8.60. The molecule has 1 N–H and O–H groups in total. The maximum absolute atomic E-state index is 11.5. The van der Waals surface area contributed by atoms with Gasteiger partial charge in [-0.1, -0.05) is 60.6 Å². The van der Waals surface area contributed by atoms with Crippen LogP contribution in [0.15, 0.2) is 30.5 Å². The standard InChI is InChI=1S/C24H40N2O2Si/c1-8-13-25-15-16-28-24(27,17-25)22-10-9-11-23-21(22)12-14-26(23)29(18(2)3,19(4)5)20(6)7/h9-12,14,18-20,27H,8,13,15-17H2,1-7H3. The number of aliphatic hydroxyl groups is 1. The van der Waals surface area contributed by atoms with Crippen molar-refractivity contribution in [3.8, 4) is 0 Å². The molecule has 4 nitrogen and oxygen atoms in total. The number of β-amino-alcohol motifs (C(OH)–C–C–N with tert-alkyl or cyclic N) is 1. The molecule has 29 heavy (non-hydrogen) atoms. The molecule has 1 unspecified atom stereocenters. The van der Waals surface area contributed by atoms with E-state index in [1.54, 1.807) is 0 Å². The monoisotopic (exact) mass is 416 g/mol. The average molecular weight is 417 g/mol. The maximum Gasteiger partial charge on any atom is 0.206 e. The molecule has 3 rings (SSSR count). The highest BCUT2D eigenvalue weighted by Gasteiger charge is 2.46. The van der Waals surface area contributed by atoms with Crippen LogP contribution in [0.25, 0.3) is 10.9 Å². The lowest BCUT2D eigenvalue weighted by Gasteiger charge is -2.44. The molecular formula is C24H40N2O2Si. The van der Waals surface area contributed by atoms with E-state index in [-0.39, 0.29) is 0 Å². The summed E-state index contributed by atoms with van der Waals surface area (Å²) in [4.78, 5) is 2.31. The van der Waals surface area contributed by atoms with Crippen LogP contribution in [0.5, 0.6) is 0 Å². The van der Waals surface area contributed by atoms with Crippen LogP contribution in [0.4, 0.5) is 0 Å². The Morgan fingerprint density at radius 3 is 2.31 bits per heavy atom. The first-order chi connectivity index (χ1) is 13.7. The number of aromatic nitrogens is 1. The van der Waals surface area contributed by atoms with E-state index in [1.165, 1.54) is 5.52 Å². The second kappa shape index (κ2) is 8.54. The summed E-state index contributed by atoms with van der Waals surface area (Å²) in [6.45, 7) is 19.5. The lowest BCUT2D eigenvalue weighted by Crippen LogP contribution is -2.51. The molecule has 1 saturated heterocycles. The Labute approximate surface area is 177 Å². The van der Waals surface area contributed by atoms with E-state index in [2.05, 4.69) is 82.0 Å². The van der Waals surface area contributed by atoms with Crippen LogP contribution >= 0.6 is 0 Å². The molecule has 0 aliphatic carbocycles. The van der Waals surface area contributed by atoms with Crippen molar-refractivity contribution in [2.75, 3.05) is 26.2 Å². The van der Waals surface area contributed by atoms with Crippen molar-refractivity contribution >= 4 is 19.1 Å². The summed E-state index contributed by atoms with van der Waals surface area (Å²) in [5.41, 5.74) is 4.02. The van der Waals surface area contributed by atoms with Crippen molar-refractivity contribution < 1.29 is 9.84 Å². The number of morpholine rings is 1. The number of nitrogens with zero attached hydrogens (tertiary/aromatic N) is 2. The first kappa shape index (κ1) is 22.5. The van der Waals surface area contributed by atoms with E-state index in [4.69, 9.17) is 4.74 Å². The van der Waals surface area contributed by atoms with Crippen molar-refractivity contribution in [3.05, 3.63) is 36.0 Å². The lowest BCUT2D eigenvalue weighted by molar-refractivity contribution is -0.247. The number of hydrogen-bond donors (Lipinski definition) is 1. The van der Waals surface area contributed by atoms with E-state index in [0.717, 1.165) is 30.5 Å². The van der Waals surface area contributed by atoms with Crippen molar-refractivity contribution in [1.29, 1.82) is 0 Å². The molecule has 0 spiro atoms. The predicted octanol–water partition coefficient (Wildman–Crippen LogP) is 5.55. The highest BCUT2D eigenvalue weighted by molar-refractivity contribution is 6.82. The summed E-state index contributed by atoms with van der Waals surface area (Å²) in [7, 11) is -1.86. The van der Waals surface area contributed by atoms with Gasteiger partial charge in [0.05, 0.1) is 13.2 Å². The quantitative estimate of drug-likeness (QED) is 0.601. The van der Waals surface area contributed by atoms with Gasteiger partial charge in [-0.15, -0.1) is 0 Å². The van der Waals surface area contributed by atoms with Crippen LogP contribution in [0.1, 0.15) is 60.5 Å². The molecule has 0 bridgehead atoms. The molecule has 0 amide bonds. The van der Waals surface area contributed by atoms with Gasteiger partial charge >= 0.3 is 0 Å². The fraction of sp³-hybridized carbons (Fsp3) is 0.667. The molecule has 1 aliphatic rings. The molecule has 0 saturated carbocycles. The van der Waals surface area contributed by atoms with Crippen LogP contribution in [0.3, 0.4) is 0 Å². The van der Waals surface area contributed by atoms with E-state index in [0.29, 0.717) is 29.8 Å². The SMILES string of the molecule is CCCN1CCOC(O)(c2cccc3c2ccn3[Si](C(C)C)(C(C)C)C(C)C)C1. The smallest absolute Gasteiger partial charge is 0.206 e. The van der Waals surface area contributed by atoms with Crippen molar-refractivity contribution in [1.82, 2.24) is 9.13 Å². The molecule has 1 aromatic carbocycles. The number of hydrogen-bond acceptors (Lipinski definition) is 3. The van der Waals surface area contributed by atoms with Gasteiger partial charge < -0.3 is 14.1 Å². The predicted molar refractivity (Wildman–Crippen MR) is 125 cm³/mol. The van der Waals surface area contributed by atoms with Gasteiger partial charge in [-0.3, -0.25) is 4.90 Å². The molecular weight excluding hydrogens is 376 g/mol. The van der Waals surface area contributed by atoms with Gasteiger partial charge in [0.25, 0.3) is 0 Å². The van der Waals surface area contributed by atoms with E-state index >= 15 is 0 Å². The first-order valence-electron chi connectivity index (χ1n) is 11.4. The molecule has 0 radical (unpaired) electrons. The highest BCUT2D eigenvalue weighted by Crippen LogP contribution is 2.45. The van der Waals surface area contributed by atoms with Crippen molar-refractivity contribution in [2.45, 2.75) is 77.3 Å². The lowest BCUT2D eigenvalue weighted by atomic mass is 9.99. The second-order valence-electron chi connectivity index (χ2n) is 9.68. The van der Waals surface area contributed by atoms with E-state index in [1.807, 2.05) is 6.07 Å². The third-order valence-corrected chi connectivity index (χ3v) is 13.8. The Balaban J connectivity index is 2.15. The van der Waals surface area contributed by atoms with Crippen molar-refractivity contribution in [2.24, 2.45) is 0 Å². The fourth-order valence-electron chi connectivity index (χ4n) is 6.12. The third kappa shape index (κ3) is 3.71. The average Bonchev–Trinajstić information content (AvgIpc) is 3.06. The Morgan fingerprint density at radius 2 is 1.72 bits per heavy atom. The number of fused-ring (bicyclic) bond motifs is 1. The van der Waals surface area contributed by atoms with Crippen LogP contribution < -0.4 is 0 Å². The van der Waals surface area contributed by atoms with Crippen LogP contribution in [-0.4, -0.2) is 48.7 Å². The van der Waals surface area contributed by atoms with Crippen LogP contribution in [0.2, 0.25) is 16.6 Å². The Hall–Kier alpha value is -1.14. The zero-order valence-corrected chi connectivity index (χ0v) is 20.4. The van der Waals surface area contributed by atoms with Gasteiger partial charge in [0, 0.05) is 23.0 Å². The third-order valence-electron chi connectivity index (χ3n) is 7.07. The number of benzene rings is 1. The Morgan fingerprint density at radius 1 is 1.07 bits per heavy atom. The van der Waals surface area contributed by atoms with Crippen molar-refractivity contribution in [3.63, 3.8) is 0 Å². The molecule has 162 valence electrons. The minimum absolute atomic E-state index is 0.534. The Bertz CT molecular complexity index is 806. The molecule has 1 atom stereocenters. The minimum Gasteiger partial charge on any atom is -0.373 e. The van der Waals surface area contributed by atoms with Crippen LogP contribution in [0, 0.1) is 0 Å². The summed E-state index contributed by atoms with van der Waals surface area (Å²) in [5, 5.41) is 12.6. The van der Waals surface area contributed by atoms with Crippen LogP contribution in [-0.2, 0) is 10.5 Å². The van der Waals surface area contributed by atoms with Gasteiger partial charge in [0.15, 0.2) is 8.24 Å². The van der Waals surface area contributed by atoms with Gasteiger partial charge in [0.1, 0.15) is 0 Å². The zero-order valence-electron chi connectivity index (χ0n) is 19.4. The summed E-state index contributed by atoms with van der Waals surface area (Å²) in [6.07, 6.45) is 3.37. The molecule has 1 aliphatic heterocycles. The number of ether oxygens (including phenoxy) is 1. The van der Waals surface area contributed by atoms with Gasteiger partial charge in [-0.25, -0.2) is 0 Å². The molecule has 5 heteroatoms. The summed E-state index contributed by atoms with van der Waals surface area (Å²) in [5.74, 6) is -1.24. The normalized spacial score (nSPS) is 21.8. The summed E-state index contributed by atoms with van der Waals surface area (Å²) in [6, 6.07) is 8.57. The van der Waals surface area contributed by atoms with E-state index < -0.39 is 14.0 Å². The fourth-order valence-corrected chi connectivity index (χ4v) is 12.7. The first-order valence-corrected chi connectivity index (χ1v) is 13.6. The molecule has 1 aromatic heterocycles. The van der Waals surface area contributed by atoms with Gasteiger partial charge in [-0.05, 0) is 47.9 Å².